The summed E-state index contributed by atoms with van der Waals surface area (Å²) in [5.74, 6) is 1.43. The minimum Gasteiger partial charge on any atom is -0.361 e. The Morgan fingerprint density at radius 3 is 2.86 bits per heavy atom. The molecule has 0 saturated carbocycles. The first-order chi connectivity index (χ1) is 10.2. The van der Waals surface area contributed by atoms with E-state index in [9.17, 15) is 4.79 Å². The highest BCUT2D eigenvalue weighted by Gasteiger charge is 2.23. The smallest absolute Gasteiger partial charge is 0.228 e. The fourth-order valence-electron chi connectivity index (χ4n) is 2.72. The van der Waals surface area contributed by atoms with Gasteiger partial charge >= 0.3 is 0 Å². The lowest BCUT2D eigenvalue weighted by Crippen LogP contribution is -2.40. The van der Waals surface area contributed by atoms with E-state index in [-0.39, 0.29) is 5.91 Å². The normalized spacial score (nSPS) is 16.3. The summed E-state index contributed by atoms with van der Waals surface area (Å²) in [5, 5.41) is 8.00. The van der Waals surface area contributed by atoms with Crippen molar-refractivity contribution < 1.29 is 9.32 Å². The molecule has 1 aliphatic heterocycles. The molecule has 2 aromatic rings. The maximum atomic E-state index is 12.2. The monoisotopic (exact) mass is 289 g/mol. The van der Waals surface area contributed by atoms with Crippen molar-refractivity contribution in [3.05, 3.63) is 30.2 Å². The molecule has 0 aromatic carbocycles. The third kappa shape index (κ3) is 3.48. The van der Waals surface area contributed by atoms with E-state index < -0.39 is 0 Å². The summed E-state index contributed by atoms with van der Waals surface area (Å²) in [7, 11) is 0. The zero-order chi connectivity index (χ0) is 14.7. The molecule has 0 bridgehead atoms. The second kappa shape index (κ2) is 6.07. The predicted molar refractivity (Wildman–Crippen MR) is 74.3 cm³/mol. The fraction of sp³-hybridized carbons (Fsp3) is 0.571. The Morgan fingerprint density at radius 1 is 1.43 bits per heavy atom. The van der Waals surface area contributed by atoms with E-state index in [1.54, 1.807) is 12.7 Å². The van der Waals surface area contributed by atoms with Gasteiger partial charge in [-0.2, -0.15) is 5.10 Å². The van der Waals surface area contributed by atoms with Gasteiger partial charge in [-0.3, -0.25) is 9.48 Å². The summed E-state index contributed by atoms with van der Waals surface area (Å²) >= 11 is 0. The van der Waals surface area contributed by atoms with Crippen LogP contribution in [-0.2, 0) is 17.8 Å². The number of hydrogen-bond donors (Lipinski definition) is 0. The van der Waals surface area contributed by atoms with Crippen LogP contribution in [0.3, 0.4) is 0 Å². The largest absolute Gasteiger partial charge is 0.361 e. The lowest BCUT2D eigenvalue weighted by atomic mass is 9.96. The van der Waals surface area contributed by atoms with Crippen molar-refractivity contribution in [2.45, 2.75) is 32.7 Å². The molecule has 112 valence electrons. The van der Waals surface area contributed by atoms with Crippen molar-refractivity contribution in [1.29, 1.82) is 0 Å². The first-order valence-corrected chi connectivity index (χ1v) is 7.23. The summed E-state index contributed by atoms with van der Waals surface area (Å²) in [6, 6.07) is 1.81. The molecule has 1 aliphatic rings. The lowest BCUT2D eigenvalue weighted by molar-refractivity contribution is -0.132. The van der Waals surface area contributed by atoms with Crippen molar-refractivity contribution in [1.82, 2.24) is 24.8 Å². The van der Waals surface area contributed by atoms with Crippen LogP contribution in [0, 0.1) is 12.8 Å². The minimum absolute atomic E-state index is 0.127. The average molecular weight is 289 g/mol. The summed E-state index contributed by atoms with van der Waals surface area (Å²) < 4.78 is 6.85. The number of aryl methyl sites for hydroxylation is 1. The SMILES string of the molecule is Cc1cc(CC(=O)N2CCC(Cn3cncn3)CC2)no1. The molecule has 0 aliphatic carbocycles. The third-order valence-electron chi connectivity index (χ3n) is 3.89. The molecule has 7 nitrogen and oxygen atoms in total. The zero-order valence-electron chi connectivity index (χ0n) is 12.1. The third-order valence-corrected chi connectivity index (χ3v) is 3.89. The van der Waals surface area contributed by atoms with Crippen LogP contribution in [0.5, 0.6) is 0 Å². The maximum absolute atomic E-state index is 12.2. The Balaban J connectivity index is 1.47. The number of rotatable bonds is 4. The topological polar surface area (TPSA) is 77.1 Å². The first-order valence-electron chi connectivity index (χ1n) is 7.23. The molecular formula is C14H19N5O2. The van der Waals surface area contributed by atoms with E-state index in [4.69, 9.17) is 4.52 Å². The van der Waals surface area contributed by atoms with Gasteiger partial charge in [-0.15, -0.1) is 0 Å². The summed E-state index contributed by atoms with van der Waals surface area (Å²) in [4.78, 5) is 18.1. The molecule has 0 unspecified atom stereocenters. The van der Waals surface area contributed by atoms with Crippen LogP contribution < -0.4 is 0 Å². The zero-order valence-corrected chi connectivity index (χ0v) is 12.1. The van der Waals surface area contributed by atoms with E-state index in [0.29, 0.717) is 18.0 Å². The van der Waals surface area contributed by atoms with Gasteiger partial charge in [0.15, 0.2) is 0 Å². The number of piperidine rings is 1. The van der Waals surface area contributed by atoms with Gasteiger partial charge in [-0.1, -0.05) is 5.16 Å². The van der Waals surface area contributed by atoms with Crippen LogP contribution in [0.2, 0.25) is 0 Å². The van der Waals surface area contributed by atoms with Crippen molar-refractivity contribution in [2.75, 3.05) is 13.1 Å². The van der Waals surface area contributed by atoms with Crippen LogP contribution in [0.15, 0.2) is 23.2 Å². The van der Waals surface area contributed by atoms with Gasteiger partial charge in [0.25, 0.3) is 0 Å². The molecule has 3 heterocycles. The molecular weight excluding hydrogens is 270 g/mol. The van der Waals surface area contributed by atoms with E-state index in [2.05, 4.69) is 15.2 Å². The number of hydrogen-bond acceptors (Lipinski definition) is 5. The van der Waals surface area contributed by atoms with E-state index in [1.165, 1.54) is 0 Å². The summed E-state index contributed by atoms with van der Waals surface area (Å²) in [6.45, 7) is 4.31. The van der Waals surface area contributed by atoms with Gasteiger partial charge in [-0.25, -0.2) is 4.98 Å². The summed E-state index contributed by atoms with van der Waals surface area (Å²) in [6.07, 6.45) is 5.63. The Morgan fingerprint density at radius 2 is 2.24 bits per heavy atom. The van der Waals surface area contributed by atoms with Crippen molar-refractivity contribution in [3.63, 3.8) is 0 Å². The van der Waals surface area contributed by atoms with Gasteiger partial charge in [0.2, 0.25) is 5.91 Å². The molecule has 0 radical (unpaired) electrons. The fourth-order valence-corrected chi connectivity index (χ4v) is 2.72. The second-order valence-corrected chi connectivity index (χ2v) is 5.55. The highest BCUT2D eigenvalue weighted by Crippen LogP contribution is 2.19. The Labute approximate surface area is 122 Å². The van der Waals surface area contributed by atoms with Crippen LogP contribution in [0.4, 0.5) is 0 Å². The highest BCUT2D eigenvalue weighted by atomic mass is 16.5. The highest BCUT2D eigenvalue weighted by molar-refractivity contribution is 5.78. The lowest BCUT2D eigenvalue weighted by Gasteiger charge is -2.31. The van der Waals surface area contributed by atoms with E-state index in [1.807, 2.05) is 22.6 Å². The number of likely N-dealkylation sites (tertiary alicyclic amines) is 1. The van der Waals surface area contributed by atoms with Gasteiger partial charge in [0.1, 0.15) is 18.4 Å². The number of carbonyl (C=O) groups is 1. The van der Waals surface area contributed by atoms with Gasteiger partial charge in [-0.05, 0) is 25.7 Å². The van der Waals surface area contributed by atoms with Crippen LogP contribution in [0.25, 0.3) is 0 Å². The molecule has 1 saturated heterocycles. The molecule has 2 aromatic heterocycles. The number of carbonyl (C=O) groups excluding carboxylic acids is 1. The number of amides is 1. The van der Waals surface area contributed by atoms with E-state index >= 15 is 0 Å². The average Bonchev–Trinajstić information content (AvgIpc) is 3.12. The van der Waals surface area contributed by atoms with Crippen LogP contribution >= 0.6 is 0 Å². The number of aromatic nitrogens is 4. The van der Waals surface area contributed by atoms with Gasteiger partial charge in [0, 0.05) is 25.7 Å². The Kier molecular flexibility index (Phi) is 3.98. The number of nitrogens with zero attached hydrogens (tertiary/aromatic N) is 5. The van der Waals surface area contributed by atoms with Gasteiger partial charge in [0.05, 0.1) is 12.1 Å². The quantitative estimate of drug-likeness (QED) is 0.841. The van der Waals surface area contributed by atoms with Crippen molar-refractivity contribution >= 4 is 5.91 Å². The standard InChI is InChI=1S/C14H19N5O2/c1-11-6-13(17-21-11)7-14(20)18-4-2-12(3-5-18)8-19-10-15-9-16-19/h6,9-10,12H,2-5,7-8H2,1H3. The first kappa shape index (κ1) is 13.8. The van der Waals surface area contributed by atoms with Crippen molar-refractivity contribution in [2.24, 2.45) is 5.92 Å². The molecule has 3 rings (SSSR count). The molecule has 0 spiro atoms. The Hall–Kier alpha value is -2.18. The van der Waals surface area contributed by atoms with E-state index in [0.717, 1.165) is 38.2 Å². The predicted octanol–water partition coefficient (Wildman–Crippen LogP) is 1.06. The molecule has 7 heteroatoms. The van der Waals surface area contributed by atoms with Crippen LogP contribution in [0.1, 0.15) is 24.3 Å². The second-order valence-electron chi connectivity index (χ2n) is 5.55. The maximum Gasteiger partial charge on any atom is 0.228 e. The van der Waals surface area contributed by atoms with Crippen molar-refractivity contribution in [3.8, 4) is 0 Å². The van der Waals surface area contributed by atoms with Gasteiger partial charge < -0.3 is 9.42 Å². The molecule has 21 heavy (non-hydrogen) atoms. The summed E-state index contributed by atoms with van der Waals surface area (Å²) in [5.41, 5.74) is 0.710. The molecule has 1 amide bonds. The Bertz CT molecular complexity index is 584. The van der Waals surface area contributed by atoms with Crippen LogP contribution in [-0.4, -0.2) is 43.8 Å². The molecule has 0 atom stereocenters. The molecule has 0 N–H and O–H groups in total. The molecule has 1 fully saturated rings. The minimum atomic E-state index is 0.127.